The van der Waals surface area contributed by atoms with E-state index >= 15 is 0 Å². The molecule has 0 aromatic heterocycles. The molecule has 2 heterocycles. The van der Waals surface area contributed by atoms with Gasteiger partial charge in [-0.2, -0.15) is 0 Å². The van der Waals surface area contributed by atoms with E-state index in [9.17, 15) is 9.18 Å². The highest BCUT2D eigenvalue weighted by molar-refractivity contribution is 5.87. The first-order valence-corrected chi connectivity index (χ1v) is 8.26. The number of amides is 1. The van der Waals surface area contributed by atoms with Gasteiger partial charge in [0.1, 0.15) is 11.9 Å². The van der Waals surface area contributed by atoms with Crippen molar-refractivity contribution in [2.75, 3.05) is 25.5 Å². The summed E-state index contributed by atoms with van der Waals surface area (Å²) in [5.74, 6) is 0.0211. The Balaban J connectivity index is 1.67. The molecule has 3 rings (SSSR count). The van der Waals surface area contributed by atoms with Gasteiger partial charge in [0.15, 0.2) is 0 Å². The number of likely N-dealkylation sites (tertiary alicyclic amines) is 1. The molecule has 2 saturated heterocycles. The van der Waals surface area contributed by atoms with Gasteiger partial charge in [-0.15, -0.1) is 0 Å². The smallest absolute Gasteiger partial charge is 0.246 e. The van der Waals surface area contributed by atoms with E-state index in [2.05, 4.69) is 29.2 Å². The molecule has 1 aromatic carbocycles. The van der Waals surface area contributed by atoms with E-state index < -0.39 is 0 Å². The minimum absolute atomic E-state index is 0.0962. The summed E-state index contributed by atoms with van der Waals surface area (Å²) in [7, 11) is 2.10. The lowest BCUT2D eigenvalue weighted by Crippen LogP contribution is -2.43. The maximum atomic E-state index is 14.5. The zero-order valence-electron chi connectivity index (χ0n) is 13.6. The van der Waals surface area contributed by atoms with Crippen LogP contribution in [0.25, 0.3) is 0 Å². The number of nitrogens with zero attached hydrogens (tertiary/aromatic N) is 1. The Morgan fingerprint density at radius 3 is 2.70 bits per heavy atom. The van der Waals surface area contributed by atoms with Crippen molar-refractivity contribution >= 4 is 11.6 Å². The molecule has 0 aliphatic carbocycles. The Hall–Kier alpha value is -1.88. The molecule has 2 N–H and O–H groups in total. The molecule has 4 nitrogen and oxygen atoms in total. The number of nitrogens with one attached hydrogen (secondary N) is 2. The quantitative estimate of drug-likeness (QED) is 0.901. The maximum Gasteiger partial charge on any atom is 0.246 e. The molecule has 23 heavy (non-hydrogen) atoms. The van der Waals surface area contributed by atoms with Crippen LogP contribution in [0.3, 0.4) is 0 Å². The molecule has 0 radical (unpaired) electrons. The lowest BCUT2D eigenvalue weighted by atomic mass is 9.89. The molecule has 2 aliphatic rings. The van der Waals surface area contributed by atoms with Crippen molar-refractivity contribution in [3.05, 3.63) is 41.9 Å². The van der Waals surface area contributed by atoms with E-state index in [1.165, 1.54) is 6.07 Å². The van der Waals surface area contributed by atoms with Crippen molar-refractivity contribution in [1.29, 1.82) is 0 Å². The van der Waals surface area contributed by atoms with E-state index in [1.807, 2.05) is 12.1 Å². The standard InChI is InChI=1S/C18H24FN3O/c1-12-3-6-17(18(23)20-12)21-14-4-5-15(16(19)11-14)13-7-9-22(2)10-8-13/h4-5,11,13,17,21H,1,3,6-10H2,2H3,(H,20,23). The fourth-order valence-electron chi connectivity index (χ4n) is 3.38. The molecule has 2 aliphatic heterocycles. The molecule has 1 unspecified atom stereocenters. The van der Waals surface area contributed by atoms with Crippen LogP contribution in [0, 0.1) is 5.82 Å². The van der Waals surface area contributed by atoms with Crippen molar-refractivity contribution in [2.45, 2.75) is 37.6 Å². The fourth-order valence-corrected chi connectivity index (χ4v) is 3.38. The second-order valence-corrected chi connectivity index (χ2v) is 6.64. The first kappa shape index (κ1) is 16.0. The number of carbonyl (C=O) groups excluding carboxylic acids is 1. The molecule has 1 aromatic rings. The molecule has 1 amide bonds. The molecular formula is C18H24FN3O. The van der Waals surface area contributed by atoms with Crippen LogP contribution in [0.5, 0.6) is 0 Å². The van der Waals surface area contributed by atoms with E-state index in [1.54, 1.807) is 0 Å². The molecule has 2 fully saturated rings. The Labute approximate surface area is 136 Å². The van der Waals surface area contributed by atoms with Gasteiger partial charge in [0.05, 0.1) is 0 Å². The van der Waals surface area contributed by atoms with Gasteiger partial charge in [0, 0.05) is 11.4 Å². The average Bonchev–Trinajstić information content (AvgIpc) is 2.51. The van der Waals surface area contributed by atoms with E-state index in [0.29, 0.717) is 18.0 Å². The molecule has 124 valence electrons. The Bertz CT molecular complexity index is 608. The summed E-state index contributed by atoms with van der Waals surface area (Å²) in [6, 6.07) is 4.94. The number of halogens is 1. The molecule has 1 atom stereocenters. The zero-order chi connectivity index (χ0) is 16.4. The second kappa shape index (κ2) is 6.71. The summed E-state index contributed by atoms with van der Waals surface area (Å²) in [5, 5.41) is 5.86. The van der Waals surface area contributed by atoms with Crippen molar-refractivity contribution in [2.24, 2.45) is 0 Å². The van der Waals surface area contributed by atoms with Gasteiger partial charge in [0.25, 0.3) is 0 Å². The summed E-state index contributed by atoms with van der Waals surface area (Å²) >= 11 is 0. The van der Waals surface area contributed by atoms with Crippen LogP contribution in [-0.4, -0.2) is 37.0 Å². The number of allylic oxidation sites excluding steroid dienone is 1. The predicted molar refractivity (Wildman–Crippen MR) is 89.8 cm³/mol. The van der Waals surface area contributed by atoms with Crippen LogP contribution < -0.4 is 10.6 Å². The van der Waals surface area contributed by atoms with Gasteiger partial charge in [-0.1, -0.05) is 12.6 Å². The Morgan fingerprint density at radius 2 is 2.04 bits per heavy atom. The van der Waals surface area contributed by atoms with Gasteiger partial charge in [-0.05, 0) is 69.4 Å². The third-order valence-corrected chi connectivity index (χ3v) is 4.85. The summed E-state index contributed by atoms with van der Waals surface area (Å²) in [4.78, 5) is 14.2. The third kappa shape index (κ3) is 3.72. The summed E-state index contributed by atoms with van der Waals surface area (Å²) in [6.07, 6.45) is 3.42. The van der Waals surface area contributed by atoms with Gasteiger partial charge < -0.3 is 15.5 Å². The largest absolute Gasteiger partial charge is 0.374 e. The SMILES string of the molecule is C=C1CCC(Nc2ccc(C3CCN(C)CC3)c(F)c2)C(=O)N1. The molecule has 0 bridgehead atoms. The van der Waals surface area contributed by atoms with Crippen molar-refractivity contribution < 1.29 is 9.18 Å². The highest BCUT2D eigenvalue weighted by Crippen LogP contribution is 2.31. The number of carbonyl (C=O) groups is 1. The van der Waals surface area contributed by atoms with Gasteiger partial charge >= 0.3 is 0 Å². The van der Waals surface area contributed by atoms with E-state index in [-0.39, 0.29) is 17.8 Å². The monoisotopic (exact) mass is 317 g/mol. The van der Waals surface area contributed by atoms with Gasteiger partial charge in [-0.25, -0.2) is 4.39 Å². The zero-order valence-corrected chi connectivity index (χ0v) is 13.6. The topological polar surface area (TPSA) is 44.4 Å². The number of piperidine rings is 2. The van der Waals surface area contributed by atoms with Crippen LogP contribution >= 0.6 is 0 Å². The molecule has 0 saturated carbocycles. The van der Waals surface area contributed by atoms with Crippen LogP contribution in [0.15, 0.2) is 30.5 Å². The Morgan fingerprint density at radius 1 is 1.30 bits per heavy atom. The molecular weight excluding hydrogens is 293 g/mol. The summed E-state index contributed by atoms with van der Waals surface area (Å²) < 4.78 is 14.5. The van der Waals surface area contributed by atoms with Crippen LogP contribution in [-0.2, 0) is 4.79 Å². The number of benzene rings is 1. The first-order valence-electron chi connectivity index (χ1n) is 8.26. The molecule has 0 spiro atoms. The number of anilines is 1. The van der Waals surface area contributed by atoms with Crippen molar-refractivity contribution in [3.63, 3.8) is 0 Å². The predicted octanol–water partition coefficient (Wildman–Crippen LogP) is 2.84. The average molecular weight is 317 g/mol. The minimum Gasteiger partial charge on any atom is -0.374 e. The summed E-state index contributed by atoms with van der Waals surface area (Å²) in [5.41, 5.74) is 2.20. The maximum absolute atomic E-state index is 14.5. The normalized spacial score (nSPS) is 23.7. The lowest BCUT2D eigenvalue weighted by Gasteiger charge is -2.29. The van der Waals surface area contributed by atoms with Crippen molar-refractivity contribution in [3.8, 4) is 0 Å². The van der Waals surface area contributed by atoms with Crippen LogP contribution in [0.4, 0.5) is 10.1 Å². The lowest BCUT2D eigenvalue weighted by molar-refractivity contribution is -0.122. The Kier molecular flexibility index (Phi) is 4.66. The third-order valence-electron chi connectivity index (χ3n) is 4.85. The number of rotatable bonds is 3. The number of hydrogen-bond donors (Lipinski definition) is 2. The van der Waals surface area contributed by atoms with Gasteiger partial charge in [0.2, 0.25) is 5.91 Å². The fraction of sp³-hybridized carbons (Fsp3) is 0.500. The highest BCUT2D eigenvalue weighted by atomic mass is 19.1. The van der Waals surface area contributed by atoms with E-state index in [4.69, 9.17) is 0 Å². The van der Waals surface area contributed by atoms with Crippen molar-refractivity contribution in [1.82, 2.24) is 10.2 Å². The summed E-state index contributed by atoms with van der Waals surface area (Å²) in [6.45, 7) is 5.79. The van der Waals surface area contributed by atoms with Crippen LogP contribution in [0.1, 0.15) is 37.2 Å². The highest BCUT2D eigenvalue weighted by Gasteiger charge is 2.25. The minimum atomic E-state index is -0.325. The van der Waals surface area contributed by atoms with Crippen LogP contribution in [0.2, 0.25) is 0 Å². The molecule has 5 heteroatoms. The second-order valence-electron chi connectivity index (χ2n) is 6.64. The van der Waals surface area contributed by atoms with Gasteiger partial charge in [-0.3, -0.25) is 4.79 Å². The first-order chi connectivity index (χ1) is 11.0. The van der Waals surface area contributed by atoms with E-state index in [0.717, 1.165) is 43.6 Å². The number of hydrogen-bond acceptors (Lipinski definition) is 3.